The van der Waals surface area contributed by atoms with E-state index in [2.05, 4.69) is 18.7 Å². The first-order chi connectivity index (χ1) is 16.9. The molecule has 188 valence electrons. The van der Waals surface area contributed by atoms with E-state index in [0.717, 1.165) is 54.6 Å². The fourth-order valence-electron chi connectivity index (χ4n) is 5.40. The summed E-state index contributed by atoms with van der Waals surface area (Å²) in [6.45, 7) is 7.79. The van der Waals surface area contributed by atoms with Crippen LogP contribution in [-0.4, -0.2) is 64.6 Å². The molecular weight excluding hydrogens is 442 g/mol. The van der Waals surface area contributed by atoms with Crippen molar-refractivity contribution in [2.45, 2.75) is 58.4 Å². The van der Waals surface area contributed by atoms with Gasteiger partial charge in [-0.25, -0.2) is 4.79 Å². The zero-order chi connectivity index (χ0) is 24.9. The molecule has 35 heavy (non-hydrogen) atoms. The minimum absolute atomic E-state index is 0.00900. The molecule has 0 spiro atoms. The normalized spacial score (nSPS) is 14.6. The number of fused-ring (bicyclic) bond motifs is 1. The lowest BCUT2D eigenvalue weighted by Gasteiger charge is -2.25. The molecule has 1 saturated carbocycles. The Hall–Kier alpha value is -3.06. The minimum atomic E-state index is -0.966. The summed E-state index contributed by atoms with van der Waals surface area (Å²) in [6.07, 6.45) is 9.19. The molecule has 1 aliphatic rings. The monoisotopic (exact) mass is 479 g/mol. The van der Waals surface area contributed by atoms with E-state index in [4.69, 9.17) is 4.42 Å². The number of hydrogen-bond donors (Lipinski definition) is 1. The van der Waals surface area contributed by atoms with Crippen LogP contribution >= 0.6 is 0 Å². The van der Waals surface area contributed by atoms with Crippen LogP contribution in [-0.2, 0) is 11.3 Å². The van der Waals surface area contributed by atoms with Crippen LogP contribution in [0.1, 0.15) is 67.8 Å². The van der Waals surface area contributed by atoms with Gasteiger partial charge in [-0.3, -0.25) is 4.79 Å². The van der Waals surface area contributed by atoms with Crippen LogP contribution in [0.4, 0.5) is 0 Å². The molecule has 0 atom stereocenters. The summed E-state index contributed by atoms with van der Waals surface area (Å²) in [5, 5.41) is 10.7. The van der Waals surface area contributed by atoms with Crippen molar-refractivity contribution in [2.24, 2.45) is 0 Å². The van der Waals surface area contributed by atoms with Crippen LogP contribution in [0.3, 0.4) is 0 Å². The SMILES string of the molecule is CCN(CC)CCN(C)C(=O)Cn1c(-c2ccoc2)c(C2CCCCC2)c2ccc(C(=O)O)cc21. The topological polar surface area (TPSA) is 78.9 Å². The zero-order valence-electron chi connectivity index (χ0n) is 21.1. The molecule has 7 heteroatoms. The Labute approximate surface area is 207 Å². The Morgan fingerprint density at radius 1 is 1.09 bits per heavy atom. The third kappa shape index (κ3) is 5.30. The van der Waals surface area contributed by atoms with Crippen molar-refractivity contribution in [3.05, 3.63) is 47.9 Å². The van der Waals surface area contributed by atoms with Crippen LogP contribution in [0.5, 0.6) is 0 Å². The largest absolute Gasteiger partial charge is 0.478 e. The van der Waals surface area contributed by atoms with Crippen molar-refractivity contribution in [1.29, 1.82) is 0 Å². The number of rotatable bonds is 10. The summed E-state index contributed by atoms with van der Waals surface area (Å²) in [5.74, 6) is -0.579. The summed E-state index contributed by atoms with van der Waals surface area (Å²) in [4.78, 5) is 29.3. The summed E-state index contributed by atoms with van der Waals surface area (Å²) in [5.41, 5.74) is 4.15. The van der Waals surface area contributed by atoms with Crippen molar-refractivity contribution in [1.82, 2.24) is 14.4 Å². The molecule has 1 aliphatic carbocycles. The van der Waals surface area contributed by atoms with Crippen LogP contribution in [0.15, 0.2) is 41.2 Å². The Bertz CT molecular complexity index is 1150. The number of benzene rings is 1. The third-order valence-electron chi connectivity index (χ3n) is 7.52. The van der Waals surface area contributed by atoms with Gasteiger partial charge in [0.1, 0.15) is 6.54 Å². The molecule has 2 aromatic heterocycles. The van der Waals surface area contributed by atoms with Gasteiger partial charge in [-0.2, -0.15) is 0 Å². The van der Waals surface area contributed by atoms with Gasteiger partial charge in [0, 0.05) is 31.1 Å². The number of nitrogens with zero attached hydrogens (tertiary/aromatic N) is 3. The molecule has 7 nitrogen and oxygen atoms in total. The highest BCUT2D eigenvalue weighted by Gasteiger charge is 2.28. The van der Waals surface area contributed by atoms with Gasteiger partial charge in [0.2, 0.25) is 5.91 Å². The molecule has 0 saturated heterocycles. The maximum absolute atomic E-state index is 13.4. The van der Waals surface area contributed by atoms with Crippen molar-refractivity contribution >= 4 is 22.8 Å². The zero-order valence-corrected chi connectivity index (χ0v) is 21.1. The second kappa shape index (κ2) is 11.1. The second-order valence-corrected chi connectivity index (χ2v) is 9.57. The van der Waals surface area contributed by atoms with Gasteiger partial charge >= 0.3 is 5.97 Å². The maximum Gasteiger partial charge on any atom is 0.335 e. The van der Waals surface area contributed by atoms with Gasteiger partial charge in [0.15, 0.2) is 0 Å². The molecule has 1 fully saturated rings. The standard InChI is InChI=1S/C28H37N3O4/c1-4-30(5-2)15-14-29(3)25(32)18-31-24-17-21(28(33)34)11-12-23(24)26(20-9-7-6-8-10-20)27(31)22-13-16-35-19-22/h11-13,16-17,19-20H,4-10,14-15,18H2,1-3H3,(H,33,34). The molecule has 4 rings (SSSR count). The Balaban J connectivity index is 1.79. The number of aromatic nitrogens is 1. The summed E-state index contributed by atoms with van der Waals surface area (Å²) >= 11 is 0. The number of furan rings is 1. The molecular formula is C28H37N3O4. The first-order valence-electron chi connectivity index (χ1n) is 12.8. The van der Waals surface area contributed by atoms with Gasteiger partial charge in [0.25, 0.3) is 0 Å². The highest BCUT2D eigenvalue weighted by Crippen LogP contribution is 2.44. The molecule has 1 amide bonds. The lowest BCUT2D eigenvalue weighted by atomic mass is 9.82. The molecule has 3 aromatic rings. The van der Waals surface area contributed by atoms with Crippen LogP contribution < -0.4 is 0 Å². The average Bonchev–Trinajstić information content (AvgIpc) is 3.51. The highest BCUT2D eigenvalue weighted by atomic mass is 16.4. The van der Waals surface area contributed by atoms with E-state index >= 15 is 0 Å². The summed E-state index contributed by atoms with van der Waals surface area (Å²) in [6, 6.07) is 7.26. The van der Waals surface area contributed by atoms with Gasteiger partial charge in [-0.15, -0.1) is 0 Å². The van der Waals surface area contributed by atoms with E-state index in [9.17, 15) is 14.7 Å². The van der Waals surface area contributed by atoms with E-state index in [1.54, 1.807) is 29.6 Å². The Morgan fingerprint density at radius 3 is 2.46 bits per heavy atom. The Kier molecular flexibility index (Phi) is 7.96. The number of carboxylic acid groups (broad SMARTS) is 1. The van der Waals surface area contributed by atoms with Crippen molar-refractivity contribution in [3.8, 4) is 11.3 Å². The quantitative estimate of drug-likeness (QED) is 0.418. The molecule has 1 N–H and O–H groups in total. The van der Waals surface area contributed by atoms with Crippen LogP contribution in [0.25, 0.3) is 22.2 Å². The number of carbonyl (C=O) groups excluding carboxylic acids is 1. The fourth-order valence-corrected chi connectivity index (χ4v) is 5.40. The smallest absolute Gasteiger partial charge is 0.335 e. The minimum Gasteiger partial charge on any atom is -0.478 e. The van der Waals surface area contributed by atoms with E-state index in [0.29, 0.717) is 12.5 Å². The van der Waals surface area contributed by atoms with Crippen LogP contribution in [0.2, 0.25) is 0 Å². The lowest BCUT2D eigenvalue weighted by Crippen LogP contribution is -2.37. The molecule has 0 aliphatic heterocycles. The van der Waals surface area contributed by atoms with Gasteiger partial charge < -0.3 is 23.9 Å². The predicted molar refractivity (Wildman–Crippen MR) is 138 cm³/mol. The summed E-state index contributed by atoms with van der Waals surface area (Å²) < 4.78 is 7.48. The highest BCUT2D eigenvalue weighted by molar-refractivity contribution is 5.99. The van der Waals surface area contributed by atoms with E-state index < -0.39 is 5.97 Å². The number of likely N-dealkylation sites (N-methyl/N-ethyl adjacent to an activating group) is 2. The second-order valence-electron chi connectivity index (χ2n) is 9.57. The number of hydrogen-bond acceptors (Lipinski definition) is 4. The van der Waals surface area contributed by atoms with Gasteiger partial charge in [-0.1, -0.05) is 39.2 Å². The fraction of sp³-hybridized carbons (Fsp3) is 0.500. The van der Waals surface area contributed by atoms with E-state index in [1.165, 1.54) is 24.8 Å². The van der Waals surface area contributed by atoms with E-state index in [-0.39, 0.29) is 18.0 Å². The van der Waals surface area contributed by atoms with Crippen molar-refractivity contribution in [3.63, 3.8) is 0 Å². The van der Waals surface area contributed by atoms with Crippen molar-refractivity contribution < 1.29 is 19.1 Å². The number of aromatic carboxylic acids is 1. The third-order valence-corrected chi connectivity index (χ3v) is 7.52. The predicted octanol–water partition coefficient (Wildman–Crippen LogP) is 5.45. The number of amides is 1. The molecule has 1 aromatic carbocycles. The number of carbonyl (C=O) groups is 2. The Morgan fingerprint density at radius 2 is 1.83 bits per heavy atom. The average molecular weight is 480 g/mol. The maximum atomic E-state index is 13.4. The number of carboxylic acids is 1. The molecule has 0 bridgehead atoms. The first kappa shape index (κ1) is 25.0. The molecule has 0 unspecified atom stereocenters. The van der Waals surface area contributed by atoms with Crippen LogP contribution in [0, 0.1) is 0 Å². The van der Waals surface area contributed by atoms with Gasteiger partial charge in [-0.05, 0) is 55.6 Å². The van der Waals surface area contributed by atoms with Gasteiger partial charge in [0.05, 0.1) is 29.3 Å². The first-order valence-corrected chi connectivity index (χ1v) is 12.8. The lowest BCUT2D eigenvalue weighted by molar-refractivity contribution is -0.130. The molecule has 2 heterocycles. The summed E-state index contributed by atoms with van der Waals surface area (Å²) in [7, 11) is 1.85. The van der Waals surface area contributed by atoms with E-state index in [1.807, 2.05) is 23.7 Å². The van der Waals surface area contributed by atoms with Crippen molar-refractivity contribution in [2.75, 3.05) is 33.2 Å². The molecule has 0 radical (unpaired) electrons.